The van der Waals surface area contributed by atoms with Crippen molar-refractivity contribution in [3.05, 3.63) is 35.4 Å². The van der Waals surface area contributed by atoms with Crippen LogP contribution in [0.15, 0.2) is 24.3 Å². The third kappa shape index (κ3) is 2.04. The second-order valence-electron chi connectivity index (χ2n) is 4.71. The molecular weight excluding hydrogens is 186 g/mol. The molecule has 1 aliphatic heterocycles. The molecule has 1 aliphatic rings. The van der Waals surface area contributed by atoms with Crippen molar-refractivity contribution in [1.29, 1.82) is 0 Å². The van der Waals surface area contributed by atoms with Crippen molar-refractivity contribution in [2.24, 2.45) is 0 Å². The number of carbonyl (C=O) groups excluding carboxylic acids is 1. The Kier molecular flexibility index (Phi) is 2.51. The van der Waals surface area contributed by atoms with Gasteiger partial charge in [-0.3, -0.25) is 4.79 Å². The van der Waals surface area contributed by atoms with Gasteiger partial charge >= 0.3 is 0 Å². The third-order valence-corrected chi connectivity index (χ3v) is 3.29. The molecule has 2 heteroatoms. The summed E-state index contributed by atoms with van der Waals surface area (Å²) in [6.07, 6.45) is 1.59. The third-order valence-electron chi connectivity index (χ3n) is 3.29. The van der Waals surface area contributed by atoms with Crippen LogP contribution in [0, 0.1) is 6.92 Å². The van der Waals surface area contributed by atoms with E-state index in [2.05, 4.69) is 43.4 Å². The van der Waals surface area contributed by atoms with Crippen molar-refractivity contribution in [1.82, 2.24) is 5.32 Å². The van der Waals surface area contributed by atoms with Gasteiger partial charge in [0.2, 0.25) is 5.91 Å². The number of carbonyl (C=O) groups is 1. The van der Waals surface area contributed by atoms with Crippen LogP contribution < -0.4 is 5.32 Å². The second kappa shape index (κ2) is 3.69. The number of benzene rings is 1. The molecular formula is C13H17NO. The number of rotatable bonds is 1. The Balaban J connectivity index is 2.25. The molecule has 0 aromatic heterocycles. The van der Waals surface area contributed by atoms with Crippen LogP contribution in [-0.4, -0.2) is 12.5 Å². The number of aryl methyl sites for hydroxylation is 1. The van der Waals surface area contributed by atoms with Gasteiger partial charge in [-0.15, -0.1) is 0 Å². The molecule has 0 radical (unpaired) electrons. The molecule has 0 bridgehead atoms. The average molecular weight is 203 g/mol. The van der Waals surface area contributed by atoms with Crippen molar-refractivity contribution >= 4 is 5.91 Å². The molecule has 15 heavy (non-hydrogen) atoms. The fourth-order valence-electron chi connectivity index (χ4n) is 2.13. The molecule has 2 rings (SSSR count). The van der Waals surface area contributed by atoms with E-state index in [1.54, 1.807) is 0 Å². The van der Waals surface area contributed by atoms with E-state index in [9.17, 15) is 4.79 Å². The zero-order chi connectivity index (χ0) is 10.9. The highest BCUT2D eigenvalue weighted by Crippen LogP contribution is 2.31. The molecule has 1 aromatic rings. The molecule has 0 saturated carbocycles. The number of amides is 1. The number of hydrogen-bond donors (Lipinski definition) is 1. The van der Waals surface area contributed by atoms with Crippen LogP contribution in [0.2, 0.25) is 0 Å². The van der Waals surface area contributed by atoms with E-state index in [4.69, 9.17) is 0 Å². The molecule has 2 nitrogen and oxygen atoms in total. The molecule has 0 aliphatic carbocycles. The topological polar surface area (TPSA) is 29.1 Å². The fraction of sp³-hybridized carbons (Fsp3) is 0.462. The van der Waals surface area contributed by atoms with E-state index in [0.29, 0.717) is 6.42 Å². The van der Waals surface area contributed by atoms with Gasteiger partial charge in [0.1, 0.15) is 0 Å². The van der Waals surface area contributed by atoms with Crippen molar-refractivity contribution in [2.45, 2.75) is 32.1 Å². The van der Waals surface area contributed by atoms with Crippen LogP contribution >= 0.6 is 0 Å². The van der Waals surface area contributed by atoms with Crippen LogP contribution in [0.5, 0.6) is 0 Å². The van der Waals surface area contributed by atoms with Gasteiger partial charge in [0.25, 0.3) is 0 Å². The SMILES string of the molecule is Cc1cccc(C2(C)CCC(=O)NC2)c1. The summed E-state index contributed by atoms with van der Waals surface area (Å²) in [6, 6.07) is 8.57. The molecule has 1 unspecified atom stereocenters. The monoisotopic (exact) mass is 203 g/mol. The van der Waals surface area contributed by atoms with Crippen LogP contribution in [0.3, 0.4) is 0 Å². The van der Waals surface area contributed by atoms with Gasteiger partial charge in [0.05, 0.1) is 0 Å². The minimum atomic E-state index is 0.111. The predicted octanol–water partition coefficient (Wildman–Crippen LogP) is 2.16. The van der Waals surface area contributed by atoms with E-state index in [0.717, 1.165) is 13.0 Å². The number of piperidine rings is 1. The molecule has 0 spiro atoms. The first-order chi connectivity index (χ1) is 7.10. The lowest BCUT2D eigenvalue weighted by molar-refractivity contribution is -0.123. The molecule has 1 aromatic carbocycles. The van der Waals surface area contributed by atoms with Crippen molar-refractivity contribution < 1.29 is 4.79 Å². The van der Waals surface area contributed by atoms with Crippen molar-refractivity contribution in [3.8, 4) is 0 Å². The van der Waals surface area contributed by atoms with Gasteiger partial charge < -0.3 is 5.32 Å². The van der Waals surface area contributed by atoms with Crippen LogP contribution in [0.4, 0.5) is 0 Å². The lowest BCUT2D eigenvalue weighted by atomic mass is 9.76. The zero-order valence-corrected chi connectivity index (χ0v) is 9.34. The summed E-state index contributed by atoms with van der Waals surface area (Å²) in [5.74, 6) is 0.181. The summed E-state index contributed by atoms with van der Waals surface area (Å²) in [5.41, 5.74) is 2.73. The molecule has 80 valence electrons. The maximum atomic E-state index is 11.1. The summed E-state index contributed by atoms with van der Waals surface area (Å²) < 4.78 is 0. The van der Waals surface area contributed by atoms with E-state index in [1.165, 1.54) is 11.1 Å². The first-order valence-electron chi connectivity index (χ1n) is 5.44. The fourth-order valence-corrected chi connectivity index (χ4v) is 2.13. The van der Waals surface area contributed by atoms with Crippen molar-refractivity contribution in [3.63, 3.8) is 0 Å². The van der Waals surface area contributed by atoms with Gasteiger partial charge in [-0.25, -0.2) is 0 Å². The quantitative estimate of drug-likeness (QED) is 0.744. The highest BCUT2D eigenvalue weighted by Gasteiger charge is 2.31. The van der Waals surface area contributed by atoms with Gasteiger partial charge in [-0.2, -0.15) is 0 Å². The normalized spacial score (nSPS) is 26.1. The smallest absolute Gasteiger partial charge is 0.220 e. The molecule has 1 saturated heterocycles. The second-order valence-corrected chi connectivity index (χ2v) is 4.71. The molecule has 1 N–H and O–H groups in total. The lowest BCUT2D eigenvalue weighted by Gasteiger charge is -2.34. The van der Waals surface area contributed by atoms with Crippen LogP contribution in [0.25, 0.3) is 0 Å². The molecule has 1 amide bonds. The molecule has 1 heterocycles. The molecule has 1 fully saturated rings. The standard InChI is InChI=1S/C13H17NO/c1-10-4-3-5-11(8-10)13(2)7-6-12(15)14-9-13/h3-5,8H,6-7,9H2,1-2H3,(H,14,15). The summed E-state index contributed by atoms with van der Waals surface area (Å²) in [5, 5.41) is 2.95. The number of hydrogen-bond acceptors (Lipinski definition) is 1. The Bertz CT molecular complexity index is 374. The van der Waals surface area contributed by atoms with E-state index in [-0.39, 0.29) is 11.3 Å². The van der Waals surface area contributed by atoms with Gasteiger partial charge in [0, 0.05) is 18.4 Å². The average Bonchev–Trinajstić information content (AvgIpc) is 2.23. The predicted molar refractivity (Wildman–Crippen MR) is 60.8 cm³/mol. The highest BCUT2D eigenvalue weighted by molar-refractivity contribution is 5.77. The first kappa shape index (κ1) is 10.2. The minimum absolute atomic E-state index is 0.111. The Morgan fingerprint density at radius 2 is 2.20 bits per heavy atom. The Hall–Kier alpha value is -1.31. The number of nitrogens with one attached hydrogen (secondary N) is 1. The van der Waals surface area contributed by atoms with Crippen LogP contribution in [-0.2, 0) is 10.2 Å². The van der Waals surface area contributed by atoms with Crippen molar-refractivity contribution in [2.75, 3.05) is 6.54 Å². The van der Waals surface area contributed by atoms with E-state index < -0.39 is 0 Å². The van der Waals surface area contributed by atoms with Gasteiger partial charge in [-0.05, 0) is 18.9 Å². The largest absolute Gasteiger partial charge is 0.355 e. The first-order valence-corrected chi connectivity index (χ1v) is 5.44. The van der Waals surface area contributed by atoms with Crippen LogP contribution in [0.1, 0.15) is 30.9 Å². The van der Waals surface area contributed by atoms with E-state index in [1.807, 2.05) is 0 Å². The minimum Gasteiger partial charge on any atom is -0.355 e. The summed E-state index contributed by atoms with van der Waals surface area (Å²) in [4.78, 5) is 11.1. The summed E-state index contributed by atoms with van der Waals surface area (Å²) in [6.45, 7) is 5.09. The Labute approximate surface area is 90.7 Å². The lowest BCUT2D eigenvalue weighted by Crippen LogP contribution is -2.44. The maximum absolute atomic E-state index is 11.1. The maximum Gasteiger partial charge on any atom is 0.220 e. The zero-order valence-electron chi connectivity index (χ0n) is 9.34. The van der Waals surface area contributed by atoms with E-state index >= 15 is 0 Å². The Morgan fingerprint density at radius 3 is 2.80 bits per heavy atom. The van der Waals surface area contributed by atoms with Gasteiger partial charge in [-0.1, -0.05) is 36.8 Å². The highest BCUT2D eigenvalue weighted by atomic mass is 16.1. The molecule has 1 atom stereocenters. The Morgan fingerprint density at radius 1 is 1.40 bits per heavy atom. The van der Waals surface area contributed by atoms with Gasteiger partial charge in [0.15, 0.2) is 0 Å². The summed E-state index contributed by atoms with van der Waals surface area (Å²) in [7, 11) is 0. The summed E-state index contributed by atoms with van der Waals surface area (Å²) >= 11 is 0.